The number of amides is 1. The van der Waals surface area contributed by atoms with Crippen LogP contribution in [0.3, 0.4) is 0 Å². The lowest BCUT2D eigenvalue weighted by molar-refractivity contribution is 0.0774. The smallest absolute Gasteiger partial charge is 0.274 e. The summed E-state index contributed by atoms with van der Waals surface area (Å²) in [4.78, 5) is 13.7. The van der Waals surface area contributed by atoms with Crippen molar-refractivity contribution < 1.29 is 4.79 Å². The molecule has 86 valence electrons. The van der Waals surface area contributed by atoms with Crippen molar-refractivity contribution >= 4 is 5.91 Å². The van der Waals surface area contributed by atoms with Gasteiger partial charge >= 0.3 is 0 Å². The van der Waals surface area contributed by atoms with Gasteiger partial charge in [0.2, 0.25) is 0 Å². The Labute approximate surface area is 94.4 Å². The summed E-state index contributed by atoms with van der Waals surface area (Å²) < 4.78 is 2.02. The van der Waals surface area contributed by atoms with E-state index in [1.807, 2.05) is 11.7 Å². The molecule has 3 rings (SSSR count). The van der Waals surface area contributed by atoms with Gasteiger partial charge in [0.1, 0.15) is 0 Å². The van der Waals surface area contributed by atoms with E-state index in [4.69, 9.17) is 0 Å². The van der Waals surface area contributed by atoms with Crippen LogP contribution in [0.15, 0.2) is 0 Å². The number of carbonyl (C=O) groups is 1. The van der Waals surface area contributed by atoms with Gasteiger partial charge in [0, 0.05) is 32.2 Å². The first-order chi connectivity index (χ1) is 7.77. The summed E-state index contributed by atoms with van der Waals surface area (Å²) in [5.41, 5.74) is 3.05. The van der Waals surface area contributed by atoms with Gasteiger partial charge in [-0.2, -0.15) is 5.10 Å². The molecule has 0 saturated heterocycles. The Kier molecular flexibility index (Phi) is 2.21. The topological polar surface area (TPSA) is 50.2 Å². The molecule has 0 saturated carbocycles. The van der Waals surface area contributed by atoms with Gasteiger partial charge in [-0.3, -0.25) is 9.48 Å². The van der Waals surface area contributed by atoms with Gasteiger partial charge in [-0.05, 0) is 19.4 Å². The van der Waals surface area contributed by atoms with E-state index < -0.39 is 0 Å². The molecule has 1 aromatic heterocycles. The Hall–Kier alpha value is -1.36. The highest BCUT2D eigenvalue weighted by Gasteiger charge is 2.29. The number of nitrogens with one attached hydrogen (secondary N) is 1. The quantitative estimate of drug-likeness (QED) is 0.670. The maximum Gasteiger partial charge on any atom is 0.274 e. The van der Waals surface area contributed by atoms with Gasteiger partial charge in [0.05, 0.1) is 5.69 Å². The van der Waals surface area contributed by atoms with Crippen molar-refractivity contribution in [2.24, 2.45) is 0 Å². The van der Waals surface area contributed by atoms with Crippen LogP contribution < -0.4 is 5.32 Å². The third-order valence-corrected chi connectivity index (χ3v) is 3.43. The van der Waals surface area contributed by atoms with Crippen molar-refractivity contribution in [2.45, 2.75) is 25.9 Å². The van der Waals surface area contributed by atoms with Crippen molar-refractivity contribution in [2.75, 3.05) is 20.1 Å². The molecule has 1 amide bonds. The first-order valence-electron chi connectivity index (χ1n) is 5.82. The number of aryl methyl sites for hydroxylation is 1. The lowest BCUT2D eigenvalue weighted by atomic mass is 10.0. The molecule has 0 bridgehead atoms. The molecule has 5 heteroatoms. The molecule has 0 fully saturated rings. The molecule has 0 unspecified atom stereocenters. The van der Waals surface area contributed by atoms with E-state index in [9.17, 15) is 4.79 Å². The second-order valence-electron chi connectivity index (χ2n) is 4.50. The van der Waals surface area contributed by atoms with Gasteiger partial charge in [0.15, 0.2) is 5.69 Å². The Morgan fingerprint density at radius 3 is 3.12 bits per heavy atom. The molecule has 0 spiro atoms. The molecule has 0 aliphatic carbocycles. The van der Waals surface area contributed by atoms with E-state index >= 15 is 0 Å². The van der Waals surface area contributed by atoms with Gasteiger partial charge in [-0.15, -0.1) is 0 Å². The number of nitrogens with zero attached hydrogens (tertiary/aromatic N) is 3. The lowest BCUT2D eigenvalue weighted by Crippen LogP contribution is -2.34. The number of hydrogen-bond acceptors (Lipinski definition) is 3. The van der Waals surface area contributed by atoms with Crippen LogP contribution in [0.1, 0.15) is 28.2 Å². The van der Waals surface area contributed by atoms with Crippen LogP contribution in [-0.2, 0) is 19.5 Å². The fourth-order valence-corrected chi connectivity index (χ4v) is 2.47. The van der Waals surface area contributed by atoms with Crippen molar-refractivity contribution in [3.8, 4) is 0 Å². The summed E-state index contributed by atoms with van der Waals surface area (Å²) in [6, 6.07) is 0. The van der Waals surface area contributed by atoms with Gasteiger partial charge in [-0.1, -0.05) is 0 Å². The average molecular weight is 220 g/mol. The lowest BCUT2D eigenvalue weighted by Gasteiger charge is -2.21. The molecule has 0 atom stereocenters. The van der Waals surface area contributed by atoms with Gasteiger partial charge in [-0.25, -0.2) is 0 Å². The predicted molar refractivity (Wildman–Crippen MR) is 59.2 cm³/mol. The van der Waals surface area contributed by atoms with E-state index in [2.05, 4.69) is 10.4 Å². The van der Waals surface area contributed by atoms with Crippen LogP contribution >= 0.6 is 0 Å². The van der Waals surface area contributed by atoms with Crippen molar-refractivity contribution in [3.05, 3.63) is 17.0 Å². The van der Waals surface area contributed by atoms with Crippen molar-refractivity contribution in [3.63, 3.8) is 0 Å². The third kappa shape index (κ3) is 1.35. The van der Waals surface area contributed by atoms with Crippen LogP contribution in [0, 0.1) is 0 Å². The Bertz CT molecular complexity index is 437. The Morgan fingerprint density at radius 2 is 2.25 bits per heavy atom. The second kappa shape index (κ2) is 3.59. The molecule has 5 nitrogen and oxygen atoms in total. The first kappa shape index (κ1) is 9.84. The third-order valence-electron chi connectivity index (χ3n) is 3.43. The number of aromatic nitrogens is 2. The van der Waals surface area contributed by atoms with E-state index in [0.717, 1.165) is 44.6 Å². The summed E-state index contributed by atoms with van der Waals surface area (Å²) in [6.07, 6.45) is 2.02. The predicted octanol–water partition coefficient (Wildman–Crippen LogP) is 0.00450. The highest BCUT2D eigenvalue weighted by Crippen LogP contribution is 2.22. The fraction of sp³-hybridized carbons (Fsp3) is 0.636. The molecule has 1 N–H and O–H groups in total. The SMILES string of the molecule is CN1CCc2c(nn3c2CNCCC3)C1=O. The molecular formula is C11H16N4O. The molecule has 2 aliphatic heterocycles. The summed E-state index contributed by atoms with van der Waals surface area (Å²) in [5.74, 6) is 0.0711. The number of rotatable bonds is 0. The number of hydrogen-bond donors (Lipinski definition) is 1. The van der Waals surface area contributed by atoms with E-state index in [-0.39, 0.29) is 5.91 Å². The minimum absolute atomic E-state index is 0.0711. The van der Waals surface area contributed by atoms with E-state index in [0.29, 0.717) is 5.69 Å². The normalized spacial score (nSPS) is 20.3. The molecule has 0 aromatic carbocycles. The number of likely N-dealkylation sites (N-methyl/N-ethyl adjacent to an activating group) is 1. The molecular weight excluding hydrogens is 204 g/mol. The number of carbonyl (C=O) groups excluding carboxylic acids is 1. The summed E-state index contributed by atoms with van der Waals surface area (Å²) >= 11 is 0. The van der Waals surface area contributed by atoms with Crippen molar-refractivity contribution in [1.29, 1.82) is 0 Å². The standard InChI is InChI=1S/C11H16N4O/c1-14-6-3-8-9-7-12-4-2-5-15(9)13-10(8)11(14)16/h12H,2-7H2,1H3. The van der Waals surface area contributed by atoms with Crippen LogP contribution in [0.4, 0.5) is 0 Å². The second-order valence-corrected chi connectivity index (χ2v) is 4.50. The minimum Gasteiger partial charge on any atom is -0.340 e. The fourth-order valence-electron chi connectivity index (χ4n) is 2.47. The summed E-state index contributed by atoms with van der Waals surface area (Å²) in [5, 5.41) is 7.85. The summed E-state index contributed by atoms with van der Waals surface area (Å²) in [7, 11) is 1.84. The Morgan fingerprint density at radius 1 is 1.38 bits per heavy atom. The van der Waals surface area contributed by atoms with Crippen LogP contribution in [0.25, 0.3) is 0 Å². The largest absolute Gasteiger partial charge is 0.340 e. The monoisotopic (exact) mass is 220 g/mol. The van der Waals surface area contributed by atoms with Crippen LogP contribution in [0.5, 0.6) is 0 Å². The zero-order valence-electron chi connectivity index (χ0n) is 9.49. The minimum atomic E-state index is 0.0711. The molecule has 2 aliphatic rings. The maximum atomic E-state index is 11.9. The summed E-state index contributed by atoms with van der Waals surface area (Å²) in [6.45, 7) is 3.61. The Balaban J connectivity index is 2.07. The maximum absolute atomic E-state index is 11.9. The zero-order chi connectivity index (χ0) is 11.1. The molecule has 0 radical (unpaired) electrons. The molecule has 3 heterocycles. The number of fused-ring (bicyclic) bond motifs is 3. The molecule has 16 heavy (non-hydrogen) atoms. The highest BCUT2D eigenvalue weighted by atomic mass is 16.2. The van der Waals surface area contributed by atoms with E-state index in [1.165, 1.54) is 5.69 Å². The van der Waals surface area contributed by atoms with Gasteiger partial charge in [0.25, 0.3) is 5.91 Å². The zero-order valence-corrected chi connectivity index (χ0v) is 9.49. The van der Waals surface area contributed by atoms with Gasteiger partial charge < -0.3 is 10.2 Å². The van der Waals surface area contributed by atoms with Crippen LogP contribution in [0.2, 0.25) is 0 Å². The van der Waals surface area contributed by atoms with Crippen molar-refractivity contribution in [1.82, 2.24) is 20.0 Å². The highest BCUT2D eigenvalue weighted by molar-refractivity contribution is 5.94. The van der Waals surface area contributed by atoms with E-state index in [1.54, 1.807) is 4.90 Å². The molecule has 1 aromatic rings. The first-order valence-corrected chi connectivity index (χ1v) is 5.82. The average Bonchev–Trinajstić information content (AvgIpc) is 2.47. The van der Waals surface area contributed by atoms with Crippen LogP contribution in [-0.4, -0.2) is 40.7 Å².